The molecule has 1 saturated carbocycles. The normalized spacial score (nSPS) is 15.0. The molecule has 1 aliphatic carbocycles. The molecule has 5 heteroatoms. The van der Waals surface area contributed by atoms with Crippen LogP contribution in [0.5, 0.6) is 6.01 Å². The Morgan fingerprint density at radius 2 is 2.16 bits per heavy atom. The first-order valence-corrected chi connectivity index (χ1v) is 6.39. The molecule has 19 heavy (non-hydrogen) atoms. The van der Waals surface area contributed by atoms with Crippen molar-refractivity contribution >= 4 is 0 Å². The third kappa shape index (κ3) is 2.36. The molecule has 5 nitrogen and oxygen atoms in total. The van der Waals surface area contributed by atoms with Gasteiger partial charge in [0.05, 0.1) is 7.11 Å². The maximum Gasteiger partial charge on any atom is 0.351 e. The zero-order chi connectivity index (χ0) is 13.2. The van der Waals surface area contributed by atoms with Crippen molar-refractivity contribution < 1.29 is 4.74 Å². The Morgan fingerprint density at radius 3 is 2.84 bits per heavy atom. The summed E-state index contributed by atoms with van der Waals surface area (Å²) in [5, 5.41) is 0. The minimum Gasteiger partial charge on any atom is -0.467 e. The molecule has 0 amide bonds. The van der Waals surface area contributed by atoms with Crippen molar-refractivity contribution in [3.8, 4) is 17.4 Å². The van der Waals surface area contributed by atoms with Crippen LogP contribution in [0.2, 0.25) is 0 Å². The molecule has 0 spiro atoms. The van der Waals surface area contributed by atoms with Crippen LogP contribution in [0.25, 0.3) is 11.4 Å². The monoisotopic (exact) mass is 257 g/mol. The van der Waals surface area contributed by atoms with Crippen molar-refractivity contribution in [2.45, 2.75) is 25.2 Å². The summed E-state index contributed by atoms with van der Waals surface area (Å²) in [5.74, 6) is 1.15. The number of methoxy groups -OCH3 is 1. The maximum absolute atomic E-state index is 11.4. The van der Waals surface area contributed by atoms with E-state index in [0.29, 0.717) is 11.7 Å². The van der Waals surface area contributed by atoms with E-state index in [1.54, 1.807) is 0 Å². The molecular formula is C14H15N3O2. The molecule has 1 N–H and O–H groups in total. The number of rotatable bonds is 3. The lowest BCUT2D eigenvalue weighted by Gasteiger charge is -2.26. The van der Waals surface area contributed by atoms with Crippen molar-refractivity contribution in [2.75, 3.05) is 7.11 Å². The summed E-state index contributed by atoms with van der Waals surface area (Å²) in [6, 6.07) is 8.23. The zero-order valence-electron chi connectivity index (χ0n) is 10.7. The zero-order valence-corrected chi connectivity index (χ0v) is 10.7. The summed E-state index contributed by atoms with van der Waals surface area (Å²) in [6.07, 6.45) is 3.78. The quantitative estimate of drug-likeness (QED) is 0.914. The molecule has 3 rings (SSSR count). The molecule has 0 saturated heterocycles. The molecule has 0 unspecified atom stereocenters. The molecule has 2 aromatic rings. The molecule has 1 heterocycles. The SMILES string of the molecule is COc1nc(-c2cccc(C3CCC3)c2)[nH]c(=O)n1. The van der Waals surface area contributed by atoms with Crippen LogP contribution in [0.3, 0.4) is 0 Å². The first kappa shape index (κ1) is 11.9. The highest BCUT2D eigenvalue weighted by Crippen LogP contribution is 2.37. The van der Waals surface area contributed by atoms with Crippen LogP contribution in [0.4, 0.5) is 0 Å². The van der Waals surface area contributed by atoms with Gasteiger partial charge in [0.2, 0.25) is 0 Å². The van der Waals surface area contributed by atoms with E-state index in [2.05, 4.69) is 27.1 Å². The fourth-order valence-corrected chi connectivity index (χ4v) is 2.27. The van der Waals surface area contributed by atoms with Crippen LogP contribution < -0.4 is 10.4 Å². The summed E-state index contributed by atoms with van der Waals surface area (Å²) in [6.45, 7) is 0. The number of H-pyrrole nitrogens is 1. The Kier molecular flexibility index (Phi) is 3.03. The van der Waals surface area contributed by atoms with E-state index in [1.807, 2.05) is 12.1 Å². The van der Waals surface area contributed by atoms with E-state index in [0.717, 1.165) is 5.56 Å². The number of hydrogen-bond donors (Lipinski definition) is 1. The highest BCUT2D eigenvalue weighted by Gasteiger charge is 2.19. The van der Waals surface area contributed by atoms with Crippen LogP contribution in [0.15, 0.2) is 29.1 Å². The Balaban J connectivity index is 2.01. The molecule has 1 aromatic carbocycles. The topological polar surface area (TPSA) is 67.9 Å². The van der Waals surface area contributed by atoms with Crippen LogP contribution in [0, 0.1) is 0 Å². The Hall–Kier alpha value is -2.17. The smallest absolute Gasteiger partial charge is 0.351 e. The van der Waals surface area contributed by atoms with Gasteiger partial charge in [-0.1, -0.05) is 24.6 Å². The molecule has 0 aliphatic heterocycles. The first-order chi connectivity index (χ1) is 9.26. The maximum atomic E-state index is 11.4. The van der Waals surface area contributed by atoms with Gasteiger partial charge in [0.1, 0.15) is 5.82 Å². The van der Waals surface area contributed by atoms with E-state index < -0.39 is 5.69 Å². The number of aromatic nitrogens is 3. The molecule has 98 valence electrons. The number of hydrogen-bond acceptors (Lipinski definition) is 4. The van der Waals surface area contributed by atoms with Crippen molar-refractivity contribution in [1.29, 1.82) is 0 Å². The van der Waals surface area contributed by atoms with Crippen molar-refractivity contribution in [3.63, 3.8) is 0 Å². The lowest BCUT2D eigenvalue weighted by Crippen LogP contribution is -2.14. The molecule has 1 aliphatic rings. The Labute approximate surface area is 110 Å². The second kappa shape index (κ2) is 4.84. The summed E-state index contributed by atoms with van der Waals surface area (Å²) in [7, 11) is 1.45. The second-order valence-corrected chi connectivity index (χ2v) is 4.74. The third-order valence-electron chi connectivity index (χ3n) is 3.55. The van der Waals surface area contributed by atoms with Gasteiger partial charge in [-0.3, -0.25) is 4.98 Å². The van der Waals surface area contributed by atoms with Gasteiger partial charge in [0.15, 0.2) is 0 Å². The molecular weight excluding hydrogens is 242 g/mol. The second-order valence-electron chi connectivity index (χ2n) is 4.74. The van der Waals surface area contributed by atoms with Crippen molar-refractivity contribution in [3.05, 3.63) is 40.3 Å². The van der Waals surface area contributed by atoms with Crippen LogP contribution in [-0.4, -0.2) is 22.1 Å². The van der Waals surface area contributed by atoms with E-state index in [1.165, 1.54) is 31.9 Å². The molecule has 1 fully saturated rings. The molecule has 0 atom stereocenters. The molecule has 0 bridgehead atoms. The number of aromatic amines is 1. The lowest BCUT2D eigenvalue weighted by molar-refractivity contribution is 0.377. The highest BCUT2D eigenvalue weighted by molar-refractivity contribution is 5.56. The standard InChI is InChI=1S/C14H15N3O2/c1-19-14-16-12(15-13(18)17-14)11-7-3-6-10(8-11)9-4-2-5-9/h3,6-9H,2,4-5H2,1H3,(H,15,16,17,18). The third-order valence-corrected chi connectivity index (χ3v) is 3.55. The van der Waals surface area contributed by atoms with Crippen molar-refractivity contribution in [2.24, 2.45) is 0 Å². The fourth-order valence-electron chi connectivity index (χ4n) is 2.27. The predicted molar refractivity (Wildman–Crippen MR) is 71.2 cm³/mol. The Morgan fingerprint density at radius 1 is 1.32 bits per heavy atom. The highest BCUT2D eigenvalue weighted by atomic mass is 16.5. The summed E-state index contributed by atoms with van der Waals surface area (Å²) in [5.41, 5.74) is 1.75. The number of benzene rings is 1. The van der Waals surface area contributed by atoms with E-state index in [-0.39, 0.29) is 6.01 Å². The van der Waals surface area contributed by atoms with Gasteiger partial charge < -0.3 is 4.74 Å². The summed E-state index contributed by atoms with van der Waals surface area (Å²) >= 11 is 0. The van der Waals surface area contributed by atoms with Gasteiger partial charge in [-0.2, -0.15) is 4.98 Å². The van der Waals surface area contributed by atoms with E-state index >= 15 is 0 Å². The number of nitrogens with zero attached hydrogens (tertiary/aromatic N) is 2. The van der Waals surface area contributed by atoms with Crippen molar-refractivity contribution in [1.82, 2.24) is 15.0 Å². The molecule has 1 aromatic heterocycles. The largest absolute Gasteiger partial charge is 0.467 e. The van der Waals surface area contributed by atoms with Gasteiger partial charge in [0, 0.05) is 5.56 Å². The minimum atomic E-state index is -0.448. The van der Waals surface area contributed by atoms with Crippen LogP contribution in [0.1, 0.15) is 30.7 Å². The van der Waals surface area contributed by atoms with Gasteiger partial charge in [-0.05, 0) is 30.4 Å². The number of nitrogens with one attached hydrogen (secondary N) is 1. The van der Waals surface area contributed by atoms with Crippen LogP contribution >= 0.6 is 0 Å². The van der Waals surface area contributed by atoms with Gasteiger partial charge in [0.25, 0.3) is 0 Å². The van der Waals surface area contributed by atoms with E-state index in [9.17, 15) is 4.79 Å². The van der Waals surface area contributed by atoms with Gasteiger partial charge in [-0.25, -0.2) is 4.79 Å². The predicted octanol–water partition coefficient (Wildman–Crippen LogP) is 2.11. The minimum absolute atomic E-state index is 0.0906. The lowest BCUT2D eigenvalue weighted by atomic mass is 9.80. The molecule has 0 radical (unpaired) electrons. The average Bonchev–Trinajstić information content (AvgIpc) is 2.36. The fraction of sp³-hybridized carbons (Fsp3) is 0.357. The van der Waals surface area contributed by atoms with E-state index in [4.69, 9.17) is 4.74 Å². The van der Waals surface area contributed by atoms with Crippen LogP contribution in [-0.2, 0) is 0 Å². The number of ether oxygens (including phenoxy) is 1. The summed E-state index contributed by atoms with van der Waals surface area (Å²) < 4.78 is 4.92. The Bertz CT molecular complexity index is 647. The van der Waals surface area contributed by atoms with Gasteiger partial charge in [-0.15, -0.1) is 4.98 Å². The van der Waals surface area contributed by atoms with Gasteiger partial charge >= 0.3 is 11.7 Å². The summed E-state index contributed by atoms with van der Waals surface area (Å²) in [4.78, 5) is 21.9. The average molecular weight is 257 g/mol. The first-order valence-electron chi connectivity index (χ1n) is 6.39.